The lowest BCUT2D eigenvalue weighted by atomic mass is 10.1. The molecule has 1 fully saturated rings. The quantitative estimate of drug-likeness (QED) is 0.728. The van der Waals surface area contributed by atoms with E-state index in [2.05, 4.69) is 21.2 Å². The average Bonchev–Trinajstić information content (AvgIpc) is 2.93. The third-order valence-corrected chi connectivity index (χ3v) is 4.61. The highest BCUT2D eigenvalue weighted by molar-refractivity contribution is 8.15. The zero-order valence-electron chi connectivity index (χ0n) is 13.4. The number of amidine groups is 1. The normalized spacial score (nSPS) is 18.2. The van der Waals surface area contributed by atoms with E-state index in [0.29, 0.717) is 5.69 Å². The van der Waals surface area contributed by atoms with E-state index in [9.17, 15) is 14.4 Å². The number of anilines is 1. The molecule has 0 saturated carbocycles. The minimum absolute atomic E-state index is 0.0127. The second kappa shape index (κ2) is 7.35. The molecule has 1 heterocycles. The molecular formula is C17H16N4O3S. The first-order chi connectivity index (χ1) is 12.0. The summed E-state index contributed by atoms with van der Waals surface area (Å²) in [6.07, 6.45) is 0.0127. The summed E-state index contributed by atoms with van der Waals surface area (Å²) in [5, 5.41) is 10.8. The first-order valence-corrected chi connectivity index (χ1v) is 8.50. The molecule has 3 amide bonds. The van der Waals surface area contributed by atoms with Gasteiger partial charge in [-0.1, -0.05) is 48.2 Å². The first-order valence-electron chi connectivity index (χ1n) is 7.62. The fourth-order valence-corrected chi connectivity index (χ4v) is 3.35. The summed E-state index contributed by atoms with van der Waals surface area (Å²) in [4.78, 5) is 35.1. The van der Waals surface area contributed by atoms with E-state index >= 15 is 0 Å². The molecular weight excluding hydrogens is 340 g/mol. The molecule has 1 atom stereocenters. The van der Waals surface area contributed by atoms with E-state index < -0.39 is 5.25 Å². The number of carbonyl (C=O) groups excluding carboxylic acids is 3. The maximum absolute atomic E-state index is 12.3. The summed E-state index contributed by atoms with van der Waals surface area (Å²) in [5.41, 5.74) is 2.96. The van der Waals surface area contributed by atoms with Gasteiger partial charge in [0.05, 0.1) is 0 Å². The van der Waals surface area contributed by atoms with E-state index in [-0.39, 0.29) is 29.3 Å². The summed E-state index contributed by atoms with van der Waals surface area (Å²) >= 11 is 1.12. The summed E-state index contributed by atoms with van der Waals surface area (Å²) < 4.78 is 0. The van der Waals surface area contributed by atoms with Crippen molar-refractivity contribution in [3.8, 4) is 0 Å². The Balaban J connectivity index is 1.65. The van der Waals surface area contributed by atoms with Crippen LogP contribution >= 0.6 is 11.8 Å². The molecule has 0 bridgehead atoms. The molecule has 0 aromatic heterocycles. The molecule has 0 spiro atoms. The molecule has 2 aromatic carbocycles. The Kier molecular flexibility index (Phi) is 4.99. The minimum Gasteiger partial charge on any atom is -0.325 e. The molecule has 3 rings (SSSR count). The van der Waals surface area contributed by atoms with Crippen LogP contribution < -0.4 is 16.1 Å². The Hall–Kier alpha value is -2.87. The van der Waals surface area contributed by atoms with E-state index in [1.54, 1.807) is 0 Å². The van der Waals surface area contributed by atoms with Crippen LogP contribution in [-0.2, 0) is 14.4 Å². The number of benzene rings is 2. The largest absolute Gasteiger partial charge is 0.325 e. The minimum atomic E-state index is -0.581. The van der Waals surface area contributed by atoms with Crippen LogP contribution in [0.15, 0.2) is 47.6 Å². The van der Waals surface area contributed by atoms with E-state index in [4.69, 9.17) is 0 Å². The lowest BCUT2D eigenvalue weighted by molar-refractivity contribution is -0.122. The lowest BCUT2D eigenvalue weighted by Crippen LogP contribution is -2.29. The second-order valence-corrected chi connectivity index (χ2v) is 6.65. The van der Waals surface area contributed by atoms with Gasteiger partial charge in [0, 0.05) is 24.4 Å². The predicted octanol–water partition coefficient (Wildman–Crippen LogP) is 1.81. The van der Waals surface area contributed by atoms with Crippen molar-refractivity contribution in [3.63, 3.8) is 0 Å². The zero-order chi connectivity index (χ0) is 17.8. The van der Waals surface area contributed by atoms with Crippen LogP contribution in [0.5, 0.6) is 0 Å². The van der Waals surface area contributed by atoms with Crippen molar-refractivity contribution in [2.45, 2.75) is 18.6 Å². The number of amides is 3. The Morgan fingerprint density at radius 1 is 1.20 bits per heavy atom. The SMILES string of the molecule is CC(=O)N/N=C1\NC(=O)[C@H](CC(=O)Nc2cccc3ccccc23)S1. The zero-order valence-corrected chi connectivity index (χ0v) is 14.2. The van der Waals surface area contributed by atoms with Gasteiger partial charge in [0.25, 0.3) is 0 Å². The van der Waals surface area contributed by atoms with Crippen molar-refractivity contribution in [2.75, 3.05) is 5.32 Å². The Morgan fingerprint density at radius 3 is 2.76 bits per heavy atom. The number of thioether (sulfide) groups is 1. The highest BCUT2D eigenvalue weighted by Crippen LogP contribution is 2.25. The Bertz CT molecular complexity index is 876. The van der Waals surface area contributed by atoms with Crippen LogP contribution in [0.25, 0.3) is 10.8 Å². The van der Waals surface area contributed by atoms with Gasteiger partial charge in [-0.3, -0.25) is 14.4 Å². The summed E-state index contributed by atoms with van der Waals surface area (Å²) in [5.74, 6) is -0.897. The molecule has 8 heteroatoms. The van der Waals surface area contributed by atoms with Gasteiger partial charge in [-0.2, -0.15) is 0 Å². The third-order valence-electron chi connectivity index (χ3n) is 3.53. The molecule has 2 aromatic rings. The van der Waals surface area contributed by atoms with Crippen molar-refractivity contribution < 1.29 is 14.4 Å². The van der Waals surface area contributed by atoms with Crippen molar-refractivity contribution in [3.05, 3.63) is 42.5 Å². The fourth-order valence-electron chi connectivity index (χ4n) is 2.43. The van der Waals surface area contributed by atoms with Gasteiger partial charge in [0.1, 0.15) is 5.25 Å². The summed E-state index contributed by atoms with van der Waals surface area (Å²) in [6.45, 7) is 1.32. The van der Waals surface area contributed by atoms with Crippen LogP contribution in [0, 0.1) is 0 Å². The molecule has 25 heavy (non-hydrogen) atoms. The smallest absolute Gasteiger partial charge is 0.240 e. The number of hydrazone groups is 1. The second-order valence-electron chi connectivity index (χ2n) is 5.46. The van der Waals surface area contributed by atoms with Gasteiger partial charge in [-0.05, 0) is 11.5 Å². The third kappa shape index (κ3) is 4.16. The number of fused-ring (bicyclic) bond motifs is 1. The van der Waals surface area contributed by atoms with Crippen molar-refractivity contribution in [1.82, 2.24) is 10.7 Å². The molecule has 1 saturated heterocycles. The summed E-state index contributed by atoms with van der Waals surface area (Å²) in [6, 6.07) is 13.4. The molecule has 1 aliphatic rings. The van der Waals surface area contributed by atoms with E-state index in [1.807, 2.05) is 42.5 Å². The van der Waals surface area contributed by atoms with Crippen LogP contribution in [0.3, 0.4) is 0 Å². The average molecular weight is 356 g/mol. The lowest BCUT2D eigenvalue weighted by Gasteiger charge is -2.10. The van der Waals surface area contributed by atoms with Gasteiger partial charge in [-0.15, -0.1) is 5.10 Å². The van der Waals surface area contributed by atoms with E-state index in [1.165, 1.54) is 6.92 Å². The molecule has 0 unspecified atom stereocenters. The number of nitrogens with one attached hydrogen (secondary N) is 3. The highest BCUT2D eigenvalue weighted by Gasteiger charge is 2.32. The van der Waals surface area contributed by atoms with Gasteiger partial charge >= 0.3 is 0 Å². The van der Waals surface area contributed by atoms with Crippen LogP contribution in [0.2, 0.25) is 0 Å². The fraction of sp³-hybridized carbons (Fsp3) is 0.176. The molecule has 128 valence electrons. The molecule has 1 aliphatic heterocycles. The van der Waals surface area contributed by atoms with Crippen LogP contribution in [-0.4, -0.2) is 28.1 Å². The number of hydrogen-bond donors (Lipinski definition) is 3. The molecule has 7 nitrogen and oxygen atoms in total. The maximum atomic E-state index is 12.3. The number of rotatable bonds is 4. The standard InChI is InChI=1S/C17H16N4O3S/c1-10(22)20-21-17-19-16(24)14(25-17)9-15(23)18-13-8-4-6-11-5-2-3-7-12(11)13/h2-8,14H,9H2,1H3,(H,18,23)(H,20,22)(H,19,21,24)/t14-/m0/s1. The van der Waals surface area contributed by atoms with Gasteiger partial charge < -0.3 is 10.6 Å². The molecule has 3 N–H and O–H groups in total. The molecule has 0 radical (unpaired) electrons. The molecule has 0 aliphatic carbocycles. The van der Waals surface area contributed by atoms with Crippen molar-refractivity contribution >= 4 is 51.1 Å². The summed E-state index contributed by atoms with van der Waals surface area (Å²) in [7, 11) is 0. The van der Waals surface area contributed by atoms with Crippen molar-refractivity contribution in [2.24, 2.45) is 5.10 Å². The van der Waals surface area contributed by atoms with Gasteiger partial charge in [0.2, 0.25) is 17.7 Å². The van der Waals surface area contributed by atoms with Gasteiger partial charge in [-0.25, -0.2) is 5.43 Å². The monoisotopic (exact) mass is 356 g/mol. The Labute approximate surface area is 148 Å². The topological polar surface area (TPSA) is 99.7 Å². The van der Waals surface area contributed by atoms with Gasteiger partial charge in [0.15, 0.2) is 5.17 Å². The highest BCUT2D eigenvalue weighted by atomic mass is 32.2. The van der Waals surface area contributed by atoms with Crippen molar-refractivity contribution in [1.29, 1.82) is 0 Å². The predicted molar refractivity (Wildman–Crippen MR) is 98.0 cm³/mol. The maximum Gasteiger partial charge on any atom is 0.240 e. The van der Waals surface area contributed by atoms with Crippen LogP contribution in [0.4, 0.5) is 5.69 Å². The number of carbonyl (C=O) groups is 3. The number of hydrogen-bond acceptors (Lipinski definition) is 5. The first kappa shape index (κ1) is 17.0. The number of nitrogens with zero attached hydrogens (tertiary/aromatic N) is 1. The van der Waals surface area contributed by atoms with E-state index in [0.717, 1.165) is 22.5 Å². The van der Waals surface area contributed by atoms with Crippen LogP contribution in [0.1, 0.15) is 13.3 Å². The Morgan fingerprint density at radius 2 is 1.96 bits per heavy atom.